The largest absolute Gasteiger partial charge is 0.490 e. The highest BCUT2D eigenvalue weighted by atomic mass is 19.1. The smallest absolute Gasteiger partial charge is 0.123 e. The van der Waals surface area contributed by atoms with E-state index in [2.05, 4.69) is 33.0 Å². The van der Waals surface area contributed by atoms with Crippen LogP contribution in [-0.2, 0) is 6.42 Å². The van der Waals surface area contributed by atoms with Gasteiger partial charge in [0.15, 0.2) is 0 Å². The summed E-state index contributed by atoms with van der Waals surface area (Å²) in [6.07, 6.45) is 3.14. The van der Waals surface area contributed by atoms with Gasteiger partial charge in [0.05, 0.1) is 0 Å². The topological polar surface area (TPSA) is 21.3 Å². The first kappa shape index (κ1) is 16.3. The van der Waals surface area contributed by atoms with Crippen LogP contribution in [0, 0.1) is 17.2 Å². The molecule has 0 amide bonds. The molecule has 0 bridgehead atoms. The van der Waals surface area contributed by atoms with E-state index < -0.39 is 0 Å². The van der Waals surface area contributed by atoms with Gasteiger partial charge in [-0.3, -0.25) is 0 Å². The van der Waals surface area contributed by atoms with Crippen LogP contribution < -0.4 is 10.1 Å². The molecule has 1 N–H and O–H groups in total. The van der Waals surface area contributed by atoms with E-state index in [-0.39, 0.29) is 17.3 Å². The highest BCUT2D eigenvalue weighted by Crippen LogP contribution is 2.38. The Balaban J connectivity index is 1.99. The normalized spacial score (nSPS) is 20.2. The molecule has 2 nitrogen and oxygen atoms in total. The van der Waals surface area contributed by atoms with Crippen molar-refractivity contribution in [2.75, 3.05) is 13.1 Å². The summed E-state index contributed by atoms with van der Waals surface area (Å²) in [7, 11) is 0. The van der Waals surface area contributed by atoms with Gasteiger partial charge in [-0.2, -0.15) is 0 Å². The van der Waals surface area contributed by atoms with Gasteiger partial charge in [0, 0.05) is 18.5 Å². The van der Waals surface area contributed by atoms with Crippen LogP contribution in [0.2, 0.25) is 0 Å². The van der Waals surface area contributed by atoms with E-state index in [1.54, 1.807) is 12.1 Å². The summed E-state index contributed by atoms with van der Waals surface area (Å²) in [6, 6.07) is 4.84. The Hall–Kier alpha value is -1.09. The second-order valence-electron chi connectivity index (χ2n) is 6.89. The number of rotatable bonds is 7. The van der Waals surface area contributed by atoms with Crippen LogP contribution in [-0.4, -0.2) is 19.2 Å². The molecule has 1 aromatic rings. The fraction of sp³-hybridized carbons (Fsp3) is 0.667. The van der Waals surface area contributed by atoms with Gasteiger partial charge in [-0.05, 0) is 48.9 Å². The van der Waals surface area contributed by atoms with Crippen LogP contribution in [0.25, 0.3) is 0 Å². The van der Waals surface area contributed by atoms with Crippen molar-refractivity contribution in [1.29, 1.82) is 0 Å². The maximum Gasteiger partial charge on any atom is 0.123 e. The van der Waals surface area contributed by atoms with Gasteiger partial charge in [-0.25, -0.2) is 4.39 Å². The summed E-state index contributed by atoms with van der Waals surface area (Å²) >= 11 is 0. The first-order chi connectivity index (χ1) is 9.94. The predicted octanol–water partition coefficient (Wildman–Crippen LogP) is 4.18. The van der Waals surface area contributed by atoms with Crippen molar-refractivity contribution in [2.45, 2.75) is 53.1 Å². The van der Waals surface area contributed by atoms with Gasteiger partial charge in [0.1, 0.15) is 17.7 Å². The van der Waals surface area contributed by atoms with E-state index in [4.69, 9.17) is 4.74 Å². The number of ether oxygens (including phenoxy) is 1. The predicted molar refractivity (Wildman–Crippen MR) is 85.2 cm³/mol. The minimum Gasteiger partial charge on any atom is -0.490 e. The fourth-order valence-corrected chi connectivity index (χ4v) is 2.99. The molecule has 0 fully saturated rings. The average molecular weight is 293 g/mol. The monoisotopic (exact) mass is 293 g/mol. The fourth-order valence-electron chi connectivity index (χ4n) is 2.99. The van der Waals surface area contributed by atoms with Crippen molar-refractivity contribution in [3.05, 3.63) is 29.6 Å². The van der Waals surface area contributed by atoms with E-state index in [0.717, 1.165) is 43.7 Å². The number of hydrogen-bond acceptors (Lipinski definition) is 2. The van der Waals surface area contributed by atoms with Crippen LogP contribution in [0.5, 0.6) is 5.75 Å². The van der Waals surface area contributed by atoms with Crippen LogP contribution >= 0.6 is 0 Å². The van der Waals surface area contributed by atoms with Crippen molar-refractivity contribution >= 4 is 0 Å². The zero-order chi connectivity index (χ0) is 15.5. The van der Waals surface area contributed by atoms with E-state index in [9.17, 15) is 4.39 Å². The summed E-state index contributed by atoms with van der Waals surface area (Å²) < 4.78 is 19.3. The van der Waals surface area contributed by atoms with Gasteiger partial charge < -0.3 is 10.1 Å². The lowest BCUT2D eigenvalue weighted by atomic mass is 9.74. The van der Waals surface area contributed by atoms with Crippen LogP contribution in [0.15, 0.2) is 18.2 Å². The van der Waals surface area contributed by atoms with Gasteiger partial charge in [-0.15, -0.1) is 0 Å². The Labute approximate surface area is 128 Å². The molecule has 2 rings (SSSR count). The molecular formula is C18H28FNO. The van der Waals surface area contributed by atoms with E-state index >= 15 is 0 Å². The maximum atomic E-state index is 13.3. The minimum atomic E-state index is -0.172. The second kappa shape index (κ2) is 6.78. The van der Waals surface area contributed by atoms with E-state index in [1.165, 1.54) is 6.07 Å². The molecule has 2 atom stereocenters. The standard InChI is InChI=1S/C18H28FNO/c1-5-8-20-12-18(4,13(2)3)11-16-10-14-9-15(19)6-7-17(14)21-16/h6-7,9,13,16,20H,5,8,10-12H2,1-4H3. The summed E-state index contributed by atoms with van der Waals surface area (Å²) in [5, 5.41) is 3.55. The van der Waals surface area contributed by atoms with Crippen molar-refractivity contribution in [2.24, 2.45) is 11.3 Å². The third-order valence-corrected chi connectivity index (χ3v) is 4.81. The van der Waals surface area contributed by atoms with E-state index in [0.29, 0.717) is 5.92 Å². The highest BCUT2D eigenvalue weighted by molar-refractivity contribution is 5.37. The minimum absolute atomic E-state index is 0.164. The molecule has 0 saturated carbocycles. The Bertz CT molecular complexity index is 474. The molecule has 21 heavy (non-hydrogen) atoms. The lowest BCUT2D eigenvalue weighted by Gasteiger charge is -2.36. The first-order valence-corrected chi connectivity index (χ1v) is 8.10. The number of fused-ring (bicyclic) bond motifs is 1. The molecular weight excluding hydrogens is 265 g/mol. The number of halogens is 1. The lowest BCUT2D eigenvalue weighted by molar-refractivity contribution is 0.106. The number of benzene rings is 1. The summed E-state index contributed by atoms with van der Waals surface area (Å²) in [5.41, 5.74) is 1.20. The summed E-state index contributed by atoms with van der Waals surface area (Å²) in [4.78, 5) is 0. The summed E-state index contributed by atoms with van der Waals surface area (Å²) in [6.45, 7) is 11.1. The van der Waals surface area contributed by atoms with Gasteiger partial charge in [-0.1, -0.05) is 27.7 Å². The van der Waals surface area contributed by atoms with Crippen LogP contribution in [0.1, 0.15) is 46.1 Å². The Morgan fingerprint density at radius 3 is 2.86 bits per heavy atom. The van der Waals surface area contributed by atoms with Crippen molar-refractivity contribution < 1.29 is 9.13 Å². The molecule has 2 unspecified atom stereocenters. The lowest BCUT2D eigenvalue weighted by Crippen LogP contribution is -2.40. The van der Waals surface area contributed by atoms with Crippen LogP contribution in [0.4, 0.5) is 4.39 Å². The molecule has 1 heterocycles. The van der Waals surface area contributed by atoms with Crippen LogP contribution in [0.3, 0.4) is 0 Å². The average Bonchev–Trinajstić information content (AvgIpc) is 2.79. The second-order valence-corrected chi connectivity index (χ2v) is 6.89. The Morgan fingerprint density at radius 2 is 2.19 bits per heavy atom. The third-order valence-electron chi connectivity index (χ3n) is 4.81. The summed E-state index contributed by atoms with van der Waals surface area (Å²) in [5.74, 6) is 1.26. The number of nitrogens with one attached hydrogen (secondary N) is 1. The molecule has 0 aliphatic carbocycles. The first-order valence-electron chi connectivity index (χ1n) is 8.10. The number of hydrogen-bond donors (Lipinski definition) is 1. The maximum absolute atomic E-state index is 13.3. The molecule has 0 aromatic heterocycles. The molecule has 0 saturated heterocycles. The molecule has 0 radical (unpaired) electrons. The third kappa shape index (κ3) is 3.97. The molecule has 1 aliphatic heterocycles. The molecule has 0 spiro atoms. The van der Waals surface area contributed by atoms with Crippen molar-refractivity contribution in [3.8, 4) is 5.75 Å². The van der Waals surface area contributed by atoms with Gasteiger partial charge >= 0.3 is 0 Å². The quantitative estimate of drug-likeness (QED) is 0.761. The molecule has 1 aliphatic rings. The van der Waals surface area contributed by atoms with Crippen molar-refractivity contribution in [3.63, 3.8) is 0 Å². The zero-order valence-corrected chi connectivity index (χ0v) is 13.7. The van der Waals surface area contributed by atoms with E-state index in [1.807, 2.05) is 0 Å². The Morgan fingerprint density at radius 1 is 1.43 bits per heavy atom. The zero-order valence-electron chi connectivity index (χ0n) is 13.7. The highest BCUT2D eigenvalue weighted by Gasteiger charge is 2.34. The SMILES string of the molecule is CCCNCC(C)(CC1Cc2cc(F)ccc2O1)C(C)C. The van der Waals surface area contributed by atoms with Gasteiger partial charge in [0.2, 0.25) is 0 Å². The van der Waals surface area contributed by atoms with Gasteiger partial charge in [0.25, 0.3) is 0 Å². The molecule has 118 valence electrons. The Kier molecular flexibility index (Phi) is 5.26. The molecule has 3 heteroatoms. The molecule has 1 aromatic carbocycles. The van der Waals surface area contributed by atoms with Crippen molar-refractivity contribution in [1.82, 2.24) is 5.32 Å².